The summed E-state index contributed by atoms with van der Waals surface area (Å²) in [5.74, 6) is 0. The number of aromatic nitrogens is 4. The third-order valence-electron chi connectivity index (χ3n) is 2.99. The molecule has 0 spiro atoms. The van der Waals surface area contributed by atoms with Gasteiger partial charge in [0.2, 0.25) is 0 Å². The number of rotatable bonds is 5. The predicted molar refractivity (Wildman–Crippen MR) is 73.2 cm³/mol. The van der Waals surface area contributed by atoms with Crippen molar-refractivity contribution in [2.75, 3.05) is 18.5 Å². The number of aliphatic hydroxyl groups excluding tert-OH is 1. The monoisotopic (exact) mass is 261 g/mol. The van der Waals surface area contributed by atoms with E-state index >= 15 is 0 Å². The summed E-state index contributed by atoms with van der Waals surface area (Å²) in [6, 6.07) is 6.00. The standard InChI is InChI=1S/C13H19N5O/c1-10-6-11(14-7-13(2,3)8-19)4-5-12(10)18-9-15-16-17-18/h4-6,9,14,19H,7-8H2,1-3H3. The number of hydrogen-bond donors (Lipinski definition) is 2. The van der Waals surface area contributed by atoms with Crippen molar-refractivity contribution < 1.29 is 5.11 Å². The van der Waals surface area contributed by atoms with E-state index in [2.05, 4.69) is 20.8 Å². The Morgan fingerprint density at radius 3 is 2.74 bits per heavy atom. The fraction of sp³-hybridized carbons (Fsp3) is 0.462. The first-order valence-corrected chi connectivity index (χ1v) is 6.20. The van der Waals surface area contributed by atoms with E-state index in [1.54, 1.807) is 11.0 Å². The molecular weight excluding hydrogens is 242 g/mol. The number of aryl methyl sites for hydroxylation is 1. The Labute approximate surface area is 112 Å². The van der Waals surface area contributed by atoms with Crippen molar-refractivity contribution in [2.24, 2.45) is 5.41 Å². The van der Waals surface area contributed by atoms with Gasteiger partial charge < -0.3 is 10.4 Å². The van der Waals surface area contributed by atoms with E-state index < -0.39 is 0 Å². The smallest absolute Gasteiger partial charge is 0.143 e. The summed E-state index contributed by atoms with van der Waals surface area (Å²) in [5, 5.41) is 23.7. The first kappa shape index (κ1) is 13.5. The van der Waals surface area contributed by atoms with E-state index in [-0.39, 0.29) is 12.0 Å². The van der Waals surface area contributed by atoms with Gasteiger partial charge in [-0.05, 0) is 41.1 Å². The fourth-order valence-electron chi connectivity index (χ4n) is 1.69. The van der Waals surface area contributed by atoms with Crippen LogP contribution in [0.15, 0.2) is 24.5 Å². The molecule has 0 unspecified atom stereocenters. The minimum atomic E-state index is -0.137. The molecule has 0 amide bonds. The van der Waals surface area contributed by atoms with E-state index in [4.69, 9.17) is 0 Å². The lowest BCUT2D eigenvalue weighted by atomic mass is 9.95. The van der Waals surface area contributed by atoms with Gasteiger partial charge in [0, 0.05) is 24.3 Å². The van der Waals surface area contributed by atoms with E-state index in [0.717, 1.165) is 16.9 Å². The van der Waals surface area contributed by atoms with Crippen LogP contribution in [0.1, 0.15) is 19.4 Å². The second kappa shape index (κ2) is 5.36. The van der Waals surface area contributed by atoms with Crippen LogP contribution < -0.4 is 5.32 Å². The second-order valence-corrected chi connectivity index (χ2v) is 5.43. The Morgan fingerprint density at radius 2 is 2.16 bits per heavy atom. The molecule has 102 valence electrons. The van der Waals surface area contributed by atoms with Gasteiger partial charge in [-0.15, -0.1) is 5.10 Å². The van der Waals surface area contributed by atoms with Crippen molar-refractivity contribution in [3.05, 3.63) is 30.1 Å². The summed E-state index contributed by atoms with van der Waals surface area (Å²) < 4.78 is 1.64. The summed E-state index contributed by atoms with van der Waals surface area (Å²) in [4.78, 5) is 0. The third-order valence-corrected chi connectivity index (χ3v) is 2.99. The second-order valence-electron chi connectivity index (χ2n) is 5.43. The van der Waals surface area contributed by atoms with Gasteiger partial charge in [-0.1, -0.05) is 13.8 Å². The highest BCUT2D eigenvalue weighted by Crippen LogP contribution is 2.20. The Morgan fingerprint density at radius 1 is 1.37 bits per heavy atom. The molecule has 2 aromatic rings. The number of tetrazole rings is 1. The summed E-state index contributed by atoms with van der Waals surface area (Å²) in [7, 11) is 0. The zero-order valence-corrected chi connectivity index (χ0v) is 11.5. The molecule has 0 radical (unpaired) electrons. The molecule has 0 atom stereocenters. The average Bonchev–Trinajstić information content (AvgIpc) is 2.90. The number of aliphatic hydroxyl groups is 1. The number of anilines is 1. The quantitative estimate of drug-likeness (QED) is 0.851. The van der Waals surface area contributed by atoms with Crippen LogP contribution in [0.3, 0.4) is 0 Å². The zero-order chi connectivity index (χ0) is 13.9. The maximum absolute atomic E-state index is 9.23. The van der Waals surface area contributed by atoms with Crippen LogP contribution in [0.5, 0.6) is 0 Å². The molecule has 0 aliphatic heterocycles. The minimum Gasteiger partial charge on any atom is -0.396 e. The summed E-state index contributed by atoms with van der Waals surface area (Å²) in [6.45, 7) is 6.92. The van der Waals surface area contributed by atoms with Crippen LogP contribution in [0.25, 0.3) is 5.69 Å². The topological polar surface area (TPSA) is 75.9 Å². The molecule has 6 nitrogen and oxygen atoms in total. The summed E-state index contributed by atoms with van der Waals surface area (Å²) in [6.07, 6.45) is 1.57. The van der Waals surface area contributed by atoms with Gasteiger partial charge in [0.15, 0.2) is 0 Å². The molecule has 0 bridgehead atoms. The first-order chi connectivity index (χ1) is 9.02. The summed E-state index contributed by atoms with van der Waals surface area (Å²) >= 11 is 0. The highest BCUT2D eigenvalue weighted by molar-refractivity contribution is 5.53. The van der Waals surface area contributed by atoms with E-state index in [0.29, 0.717) is 6.54 Å². The van der Waals surface area contributed by atoms with Crippen molar-refractivity contribution in [1.82, 2.24) is 20.2 Å². The molecule has 2 rings (SSSR count). The molecule has 0 aliphatic rings. The van der Waals surface area contributed by atoms with Gasteiger partial charge in [0.1, 0.15) is 6.33 Å². The van der Waals surface area contributed by atoms with Crippen LogP contribution in [0, 0.1) is 12.3 Å². The van der Waals surface area contributed by atoms with Gasteiger partial charge >= 0.3 is 0 Å². The maximum atomic E-state index is 9.23. The molecule has 0 fully saturated rings. The molecular formula is C13H19N5O. The molecule has 19 heavy (non-hydrogen) atoms. The maximum Gasteiger partial charge on any atom is 0.143 e. The number of hydrogen-bond acceptors (Lipinski definition) is 5. The first-order valence-electron chi connectivity index (χ1n) is 6.20. The molecule has 0 saturated heterocycles. The summed E-state index contributed by atoms with van der Waals surface area (Å²) in [5.41, 5.74) is 2.93. The SMILES string of the molecule is Cc1cc(NCC(C)(C)CO)ccc1-n1cnnn1. The van der Waals surface area contributed by atoms with Crippen molar-refractivity contribution in [2.45, 2.75) is 20.8 Å². The van der Waals surface area contributed by atoms with Crippen molar-refractivity contribution in [1.29, 1.82) is 0 Å². The Balaban J connectivity index is 2.11. The molecule has 2 N–H and O–H groups in total. The highest BCUT2D eigenvalue weighted by Gasteiger charge is 2.16. The molecule has 0 saturated carbocycles. The molecule has 0 aliphatic carbocycles. The van der Waals surface area contributed by atoms with Crippen LogP contribution in [-0.4, -0.2) is 38.5 Å². The lowest BCUT2D eigenvalue weighted by molar-refractivity contribution is 0.171. The van der Waals surface area contributed by atoms with Crippen molar-refractivity contribution in [3.63, 3.8) is 0 Å². The van der Waals surface area contributed by atoms with Gasteiger partial charge in [-0.3, -0.25) is 0 Å². The average molecular weight is 261 g/mol. The van der Waals surface area contributed by atoms with Crippen molar-refractivity contribution >= 4 is 5.69 Å². The van der Waals surface area contributed by atoms with Gasteiger partial charge in [-0.2, -0.15) is 0 Å². The molecule has 6 heteroatoms. The molecule has 1 aromatic heterocycles. The van der Waals surface area contributed by atoms with Crippen LogP contribution >= 0.6 is 0 Å². The van der Waals surface area contributed by atoms with Gasteiger partial charge in [-0.25, -0.2) is 4.68 Å². The number of benzene rings is 1. The Kier molecular flexibility index (Phi) is 3.80. The van der Waals surface area contributed by atoms with Gasteiger partial charge in [0.05, 0.1) is 5.69 Å². The Hall–Kier alpha value is -1.95. The predicted octanol–water partition coefficient (Wildman–Crippen LogP) is 1.40. The zero-order valence-electron chi connectivity index (χ0n) is 11.5. The van der Waals surface area contributed by atoms with Crippen LogP contribution in [0.4, 0.5) is 5.69 Å². The van der Waals surface area contributed by atoms with Gasteiger partial charge in [0.25, 0.3) is 0 Å². The normalized spacial score (nSPS) is 11.6. The van der Waals surface area contributed by atoms with E-state index in [1.807, 2.05) is 39.0 Å². The van der Waals surface area contributed by atoms with Crippen molar-refractivity contribution in [3.8, 4) is 5.69 Å². The Bertz CT molecular complexity index is 536. The minimum absolute atomic E-state index is 0.137. The largest absolute Gasteiger partial charge is 0.396 e. The van der Waals surface area contributed by atoms with E-state index in [1.165, 1.54) is 0 Å². The molecule has 1 aromatic carbocycles. The highest BCUT2D eigenvalue weighted by atomic mass is 16.3. The van der Waals surface area contributed by atoms with Crippen LogP contribution in [0.2, 0.25) is 0 Å². The lowest BCUT2D eigenvalue weighted by Crippen LogP contribution is -2.26. The fourth-order valence-corrected chi connectivity index (χ4v) is 1.69. The van der Waals surface area contributed by atoms with Crippen LogP contribution in [-0.2, 0) is 0 Å². The third kappa shape index (κ3) is 3.29. The number of nitrogens with zero attached hydrogens (tertiary/aromatic N) is 4. The number of nitrogens with one attached hydrogen (secondary N) is 1. The molecule has 1 heterocycles. The lowest BCUT2D eigenvalue weighted by Gasteiger charge is -2.22. The van der Waals surface area contributed by atoms with E-state index in [9.17, 15) is 5.11 Å².